The molecular formula is C12H19NO2. The second-order valence-corrected chi connectivity index (χ2v) is 4.42. The lowest BCUT2D eigenvalue weighted by molar-refractivity contribution is 0.0956. The summed E-state index contributed by atoms with van der Waals surface area (Å²) in [5.41, 5.74) is 0.777. The Morgan fingerprint density at radius 2 is 1.80 bits per heavy atom. The fourth-order valence-electron chi connectivity index (χ4n) is 1.09. The third-order valence-corrected chi connectivity index (χ3v) is 2.73. The van der Waals surface area contributed by atoms with E-state index in [9.17, 15) is 5.11 Å². The van der Waals surface area contributed by atoms with E-state index in [2.05, 4.69) is 5.32 Å². The first kappa shape index (κ1) is 12.0. The summed E-state index contributed by atoms with van der Waals surface area (Å²) in [7, 11) is 0. The van der Waals surface area contributed by atoms with Gasteiger partial charge in [-0.1, -0.05) is 12.1 Å². The van der Waals surface area contributed by atoms with Crippen molar-refractivity contribution in [3.05, 3.63) is 29.8 Å². The molecule has 0 amide bonds. The molecule has 0 fully saturated rings. The van der Waals surface area contributed by atoms with E-state index in [0.29, 0.717) is 6.54 Å². The molecule has 3 N–H and O–H groups in total. The number of aliphatic hydroxyl groups excluding tert-OH is 1. The molecular weight excluding hydrogens is 190 g/mol. The Hall–Kier alpha value is -1.06. The van der Waals surface area contributed by atoms with E-state index in [0.717, 1.165) is 5.56 Å². The summed E-state index contributed by atoms with van der Waals surface area (Å²) >= 11 is 0. The molecule has 3 nitrogen and oxygen atoms in total. The van der Waals surface area contributed by atoms with Crippen molar-refractivity contribution in [3.8, 4) is 5.75 Å². The van der Waals surface area contributed by atoms with E-state index >= 15 is 0 Å². The molecule has 1 atom stereocenters. The Bertz CT molecular complexity index is 304. The normalized spacial score (nSPS) is 13.9. The smallest absolute Gasteiger partial charge is 0.115 e. The molecule has 0 bridgehead atoms. The summed E-state index contributed by atoms with van der Waals surface area (Å²) in [5, 5.41) is 21.9. The molecule has 0 saturated carbocycles. The summed E-state index contributed by atoms with van der Waals surface area (Å²) in [6.45, 7) is 6.36. The lowest BCUT2D eigenvalue weighted by atomic mass is 9.98. The van der Waals surface area contributed by atoms with Gasteiger partial charge in [0.25, 0.3) is 0 Å². The largest absolute Gasteiger partial charge is 0.508 e. The first-order valence-corrected chi connectivity index (χ1v) is 5.13. The van der Waals surface area contributed by atoms with Crippen molar-refractivity contribution >= 4 is 0 Å². The van der Waals surface area contributed by atoms with Crippen LogP contribution in [0.5, 0.6) is 5.75 Å². The van der Waals surface area contributed by atoms with Crippen molar-refractivity contribution in [1.29, 1.82) is 0 Å². The Morgan fingerprint density at radius 1 is 1.27 bits per heavy atom. The summed E-state index contributed by atoms with van der Waals surface area (Å²) in [4.78, 5) is 0. The van der Waals surface area contributed by atoms with Gasteiger partial charge in [-0.2, -0.15) is 0 Å². The van der Waals surface area contributed by atoms with Crippen LogP contribution >= 0.6 is 0 Å². The maximum Gasteiger partial charge on any atom is 0.115 e. The average Bonchev–Trinajstić information content (AvgIpc) is 2.17. The zero-order valence-electron chi connectivity index (χ0n) is 9.49. The monoisotopic (exact) mass is 209 g/mol. The van der Waals surface area contributed by atoms with Crippen LogP contribution in [0.3, 0.4) is 0 Å². The van der Waals surface area contributed by atoms with Gasteiger partial charge in [0.2, 0.25) is 0 Å². The minimum atomic E-state index is -0.408. The van der Waals surface area contributed by atoms with Crippen LogP contribution in [0.4, 0.5) is 0 Å². The van der Waals surface area contributed by atoms with Gasteiger partial charge in [-0.05, 0) is 38.5 Å². The number of rotatable bonds is 4. The second kappa shape index (κ2) is 4.64. The molecule has 15 heavy (non-hydrogen) atoms. The summed E-state index contributed by atoms with van der Waals surface area (Å²) in [6.07, 6.45) is -0.408. The number of hydrogen-bond donors (Lipinski definition) is 3. The zero-order chi connectivity index (χ0) is 11.5. The summed E-state index contributed by atoms with van der Waals surface area (Å²) < 4.78 is 0. The third kappa shape index (κ3) is 3.53. The van der Waals surface area contributed by atoms with E-state index in [4.69, 9.17) is 5.11 Å². The van der Waals surface area contributed by atoms with E-state index in [1.54, 1.807) is 19.1 Å². The molecule has 0 saturated heterocycles. The van der Waals surface area contributed by atoms with Crippen LogP contribution in [0.2, 0.25) is 0 Å². The molecule has 1 unspecified atom stereocenters. The van der Waals surface area contributed by atoms with Gasteiger partial charge >= 0.3 is 0 Å². The minimum absolute atomic E-state index is 0.272. The van der Waals surface area contributed by atoms with Crippen molar-refractivity contribution < 1.29 is 10.2 Å². The van der Waals surface area contributed by atoms with E-state index < -0.39 is 6.10 Å². The van der Waals surface area contributed by atoms with Gasteiger partial charge < -0.3 is 15.5 Å². The van der Waals surface area contributed by atoms with E-state index in [-0.39, 0.29) is 11.3 Å². The highest BCUT2D eigenvalue weighted by Gasteiger charge is 2.22. The summed E-state index contributed by atoms with van der Waals surface area (Å²) in [6, 6.07) is 7.04. The first-order valence-electron chi connectivity index (χ1n) is 5.13. The molecule has 1 rings (SSSR count). The second-order valence-electron chi connectivity index (χ2n) is 4.42. The van der Waals surface area contributed by atoms with Gasteiger partial charge in [-0.25, -0.2) is 0 Å². The standard InChI is InChI=1S/C12H19NO2/c1-9(14)12(2,3)13-8-10-4-6-11(15)7-5-10/h4-7,9,13-15H,8H2,1-3H3. The van der Waals surface area contributed by atoms with Crippen LogP contribution in [0.25, 0.3) is 0 Å². The molecule has 1 aromatic rings. The van der Waals surface area contributed by atoms with E-state index in [1.807, 2.05) is 26.0 Å². The highest BCUT2D eigenvalue weighted by atomic mass is 16.3. The topological polar surface area (TPSA) is 52.5 Å². The molecule has 0 aliphatic rings. The quantitative estimate of drug-likeness (QED) is 0.706. The minimum Gasteiger partial charge on any atom is -0.508 e. The van der Waals surface area contributed by atoms with Crippen LogP contribution in [0.15, 0.2) is 24.3 Å². The fraction of sp³-hybridized carbons (Fsp3) is 0.500. The molecule has 0 aliphatic heterocycles. The molecule has 3 heteroatoms. The Kier molecular flexibility index (Phi) is 3.72. The Balaban J connectivity index is 2.54. The molecule has 0 heterocycles. The molecule has 84 valence electrons. The number of nitrogens with one attached hydrogen (secondary N) is 1. The summed E-state index contributed by atoms with van der Waals surface area (Å²) in [5.74, 6) is 0.272. The van der Waals surface area contributed by atoms with Crippen molar-refractivity contribution in [1.82, 2.24) is 5.32 Å². The highest BCUT2D eigenvalue weighted by molar-refractivity contribution is 5.25. The number of phenols is 1. The van der Waals surface area contributed by atoms with Crippen LogP contribution in [-0.2, 0) is 6.54 Å². The highest BCUT2D eigenvalue weighted by Crippen LogP contribution is 2.12. The number of benzene rings is 1. The van der Waals surface area contributed by atoms with Crippen LogP contribution in [0.1, 0.15) is 26.3 Å². The van der Waals surface area contributed by atoms with Crippen LogP contribution < -0.4 is 5.32 Å². The van der Waals surface area contributed by atoms with Gasteiger partial charge in [-0.15, -0.1) is 0 Å². The third-order valence-electron chi connectivity index (χ3n) is 2.73. The SMILES string of the molecule is CC(O)C(C)(C)NCc1ccc(O)cc1. The number of phenolic OH excluding ortho intramolecular Hbond substituents is 1. The lowest BCUT2D eigenvalue weighted by Crippen LogP contribution is -2.47. The Morgan fingerprint density at radius 3 is 2.27 bits per heavy atom. The number of aromatic hydroxyl groups is 1. The maximum absolute atomic E-state index is 9.50. The van der Waals surface area contributed by atoms with Crippen molar-refractivity contribution in [2.45, 2.75) is 39.0 Å². The predicted molar refractivity (Wildman–Crippen MR) is 60.7 cm³/mol. The van der Waals surface area contributed by atoms with E-state index in [1.165, 1.54) is 0 Å². The van der Waals surface area contributed by atoms with Crippen molar-refractivity contribution in [2.75, 3.05) is 0 Å². The van der Waals surface area contributed by atoms with Gasteiger partial charge in [-0.3, -0.25) is 0 Å². The van der Waals surface area contributed by atoms with Crippen molar-refractivity contribution in [3.63, 3.8) is 0 Å². The first-order chi connectivity index (χ1) is 6.92. The number of aliphatic hydroxyl groups is 1. The van der Waals surface area contributed by atoms with Gasteiger partial charge in [0.15, 0.2) is 0 Å². The van der Waals surface area contributed by atoms with Crippen molar-refractivity contribution in [2.24, 2.45) is 0 Å². The van der Waals surface area contributed by atoms with Crippen LogP contribution in [-0.4, -0.2) is 21.9 Å². The number of hydrogen-bond acceptors (Lipinski definition) is 3. The zero-order valence-corrected chi connectivity index (χ0v) is 9.49. The predicted octanol–water partition coefficient (Wildman–Crippen LogP) is 1.64. The maximum atomic E-state index is 9.50. The van der Waals surface area contributed by atoms with Gasteiger partial charge in [0, 0.05) is 12.1 Å². The van der Waals surface area contributed by atoms with Gasteiger partial charge in [0.1, 0.15) is 5.75 Å². The molecule has 1 aromatic carbocycles. The molecule has 0 aromatic heterocycles. The van der Waals surface area contributed by atoms with Crippen LogP contribution in [0, 0.1) is 0 Å². The lowest BCUT2D eigenvalue weighted by Gasteiger charge is -2.29. The molecule has 0 radical (unpaired) electrons. The fourth-order valence-corrected chi connectivity index (χ4v) is 1.09. The average molecular weight is 209 g/mol. The molecule has 0 spiro atoms. The van der Waals surface area contributed by atoms with Gasteiger partial charge in [0.05, 0.1) is 6.10 Å². The Labute approximate surface area is 90.8 Å². The molecule has 0 aliphatic carbocycles.